The summed E-state index contributed by atoms with van der Waals surface area (Å²) in [5.74, 6) is -0.211. The van der Waals surface area contributed by atoms with Crippen molar-refractivity contribution >= 4 is 17.5 Å². The van der Waals surface area contributed by atoms with Crippen molar-refractivity contribution in [3.8, 4) is 0 Å². The van der Waals surface area contributed by atoms with Gasteiger partial charge in [-0.3, -0.25) is 19.4 Å². The third-order valence-corrected chi connectivity index (χ3v) is 6.13. The van der Waals surface area contributed by atoms with Gasteiger partial charge in [0, 0.05) is 18.2 Å². The van der Waals surface area contributed by atoms with Crippen molar-refractivity contribution in [1.29, 1.82) is 0 Å². The highest BCUT2D eigenvalue weighted by atomic mass is 16.2. The van der Waals surface area contributed by atoms with Gasteiger partial charge in [-0.25, -0.2) is 0 Å². The van der Waals surface area contributed by atoms with Gasteiger partial charge in [-0.2, -0.15) is 0 Å². The van der Waals surface area contributed by atoms with Crippen molar-refractivity contribution in [2.24, 2.45) is 11.7 Å². The molecule has 0 spiro atoms. The average Bonchev–Trinajstić information content (AvgIpc) is 2.78. The molecule has 3 rings (SSSR count). The monoisotopic (exact) mass is 422 g/mol. The fourth-order valence-electron chi connectivity index (χ4n) is 4.34. The molecule has 2 amide bonds. The molecule has 1 aliphatic rings. The molecule has 1 unspecified atom stereocenters. The summed E-state index contributed by atoms with van der Waals surface area (Å²) >= 11 is 0. The third kappa shape index (κ3) is 6.15. The summed E-state index contributed by atoms with van der Waals surface area (Å²) in [5, 5.41) is 3.13. The predicted octanol–water partition coefficient (Wildman–Crippen LogP) is 3.41. The Kier molecular flexibility index (Phi) is 8.20. The summed E-state index contributed by atoms with van der Waals surface area (Å²) in [7, 11) is 0. The molecule has 6 heteroatoms. The topological polar surface area (TPSA) is 78.7 Å². The van der Waals surface area contributed by atoms with Crippen LogP contribution in [-0.4, -0.2) is 47.8 Å². The molecular formula is C25H34N4O2. The number of hydrogen-bond donors (Lipinski definition) is 2. The Balaban J connectivity index is 1.67. The van der Waals surface area contributed by atoms with E-state index in [1.807, 2.05) is 48.5 Å². The Morgan fingerprint density at radius 2 is 1.74 bits per heavy atom. The smallest absolute Gasteiger partial charge is 0.246 e. The lowest BCUT2D eigenvalue weighted by atomic mass is 9.96. The van der Waals surface area contributed by atoms with Crippen molar-refractivity contribution in [3.63, 3.8) is 0 Å². The van der Waals surface area contributed by atoms with Crippen LogP contribution in [0.1, 0.15) is 43.9 Å². The maximum Gasteiger partial charge on any atom is 0.246 e. The number of carbonyl (C=O) groups excluding carboxylic acids is 2. The molecule has 3 N–H and O–H groups in total. The molecule has 166 valence electrons. The largest absolute Gasteiger partial charge is 0.369 e. The van der Waals surface area contributed by atoms with E-state index in [9.17, 15) is 9.59 Å². The van der Waals surface area contributed by atoms with Crippen LogP contribution in [0, 0.1) is 5.92 Å². The normalized spacial score (nSPS) is 16.2. The molecular weight excluding hydrogens is 388 g/mol. The van der Waals surface area contributed by atoms with E-state index < -0.39 is 0 Å². The summed E-state index contributed by atoms with van der Waals surface area (Å²) in [6.45, 7) is 8.27. The van der Waals surface area contributed by atoms with Gasteiger partial charge in [-0.05, 0) is 62.3 Å². The number of amides is 2. The second-order valence-electron chi connectivity index (χ2n) is 8.18. The molecule has 0 aliphatic carbocycles. The van der Waals surface area contributed by atoms with E-state index in [1.165, 1.54) is 0 Å². The Morgan fingerprint density at radius 3 is 2.35 bits per heavy atom. The van der Waals surface area contributed by atoms with Crippen LogP contribution in [0.3, 0.4) is 0 Å². The van der Waals surface area contributed by atoms with Gasteiger partial charge >= 0.3 is 0 Å². The lowest BCUT2D eigenvalue weighted by Crippen LogP contribution is -2.38. The highest BCUT2D eigenvalue weighted by Crippen LogP contribution is 2.24. The minimum atomic E-state index is -0.326. The second-order valence-corrected chi connectivity index (χ2v) is 8.18. The molecule has 1 aliphatic heterocycles. The number of likely N-dealkylation sites (N-methyl/N-ethyl adjacent to an activating group) is 1. The Hall–Kier alpha value is -2.70. The van der Waals surface area contributed by atoms with Gasteiger partial charge in [0.25, 0.3) is 0 Å². The van der Waals surface area contributed by atoms with Crippen molar-refractivity contribution < 1.29 is 9.59 Å². The van der Waals surface area contributed by atoms with Gasteiger partial charge in [-0.15, -0.1) is 0 Å². The van der Waals surface area contributed by atoms with Crippen LogP contribution in [0.5, 0.6) is 0 Å². The van der Waals surface area contributed by atoms with E-state index in [1.54, 1.807) is 0 Å². The van der Waals surface area contributed by atoms with E-state index in [0.717, 1.165) is 62.4 Å². The minimum absolute atomic E-state index is 0.00290. The van der Waals surface area contributed by atoms with E-state index >= 15 is 0 Å². The number of benzene rings is 2. The van der Waals surface area contributed by atoms with Crippen LogP contribution in [0.25, 0.3) is 0 Å². The molecule has 0 bridgehead atoms. The highest BCUT2D eigenvalue weighted by Gasteiger charge is 2.26. The van der Waals surface area contributed by atoms with Crippen LogP contribution >= 0.6 is 0 Å². The predicted molar refractivity (Wildman–Crippen MR) is 124 cm³/mol. The van der Waals surface area contributed by atoms with E-state index in [4.69, 9.17) is 5.73 Å². The third-order valence-electron chi connectivity index (χ3n) is 6.13. The van der Waals surface area contributed by atoms with Crippen LogP contribution in [-0.2, 0) is 16.1 Å². The zero-order valence-electron chi connectivity index (χ0n) is 18.6. The van der Waals surface area contributed by atoms with Gasteiger partial charge in [0.05, 0.1) is 0 Å². The molecule has 6 nitrogen and oxygen atoms in total. The summed E-state index contributed by atoms with van der Waals surface area (Å²) in [4.78, 5) is 29.1. The number of carbonyl (C=O) groups is 2. The quantitative estimate of drug-likeness (QED) is 0.649. The molecule has 2 aromatic rings. The van der Waals surface area contributed by atoms with Crippen molar-refractivity contribution in [2.75, 3.05) is 31.5 Å². The molecule has 0 aromatic heterocycles. The molecule has 1 heterocycles. The first kappa shape index (κ1) is 23.0. The number of nitrogens with zero attached hydrogens (tertiary/aromatic N) is 2. The van der Waals surface area contributed by atoms with Crippen LogP contribution < -0.4 is 11.1 Å². The summed E-state index contributed by atoms with van der Waals surface area (Å²) < 4.78 is 0. The fraction of sp³-hybridized carbons (Fsp3) is 0.440. The Bertz CT molecular complexity index is 859. The number of piperidine rings is 1. The van der Waals surface area contributed by atoms with Crippen molar-refractivity contribution in [2.45, 2.75) is 39.3 Å². The average molecular weight is 423 g/mol. The molecule has 1 saturated heterocycles. The lowest BCUT2D eigenvalue weighted by molar-refractivity contribution is -0.123. The number of primary amides is 1. The maximum absolute atomic E-state index is 13.3. The molecule has 1 fully saturated rings. The van der Waals surface area contributed by atoms with Crippen LogP contribution in [0.2, 0.25) is 0 Å². The molecule has 2 aromatic carbocycles. The Morgan fingerprint density at radius 1 is 1.06 bits per heavy atom. The van der Waals surface area contributed by atoms with Gasteiger partial charge in [-0.1, -0.05) is 56.3 Å². The summed E-state index contributed by atoms with van der Waals surface area (Å²) in [6, 6.07) is 17.6. The summed E-state index contributed by atoms with van der Waals surface area (Å²) in [5.41, 5.74) is 8.39. The van der Waals surface area contributed by atoms with Crippen LogP contribution in [0.15, 0.2) is 54.6 Å². The molecule has 0 radical (unpaired) electrons. The van der Waals surface area contributed by atoms with Gasteiger partial charge in [0.2, 0.25) is 11.8 Å². The molecule has 1 atom stereocenters. The molecule has 0 saturated carbocycles. The minimum Gasteiger partial charge on any atom is -0.369 e. The number of nitrogens with two attached hydrogens (primary N) is 1. The maximum atomic E-state index is 13.3. The fourth-order valence-corrected chi connectivity index (χ4v) is 4.34. The first-order valence-electron chi connectivity index (χ1n) is 11.2. The van der Waals surface area contributed by atoms with Crippen molar-refractivity contribution in [3.05, 3.63) is 65.7 Å². The first-order valence-corrected chi connectivity index (χ1v) is 11.2. The Labute approximate surface area is 185 Å². The van der Waals surface area contributed by atoms with Crippen LogP contribution in [0.4, 0.5) is 5.69 Å². The second kappa shape index (κ2) is 11.1. The van der Waals surface area contributed by atoms with Gasteiger partial charge in [0.1, 0.15) is 6.04 Å². The summed E-state index contributed by atoms with van der Waals surface area (Å²) in [6.07, 6.45) is 1.63. The standard InChI is InChI=1S/C25H34N4O2/c1-3-29(4-2)23(20-10-6-5-7-11-20)25(31)27-22-12-8-9-19(17-22)18-28-15-13-21(14-16-28)24(26)30/h5-12,17,21,23H,3-4,13-16,18H2,1-2H3,(H2,26,30)(H,27,31). The number of anilines is 1. The van der Waals surface area contributed by atoms with Gasteiger partial charge in [0.15, 0.2) is 0 Å². The van der Waals surface area contributed by atoms with E-state index in [-0.39, 0.29) is 23.8 Å². The zero-order chi connectivity index (χ0) is 22.2. The van der Waals surface area contributed by atoms with E-state index in [0.29, 0.717) is 0 Å². The first-order chi connectivity index (χ1) is 15.0. The SMILES string of the molecule is CCN(CC)C(C(=O)Nc1cccc(CN2CCC(C(N)=O)CC2)c1)c1ccccc1. The lowest BCUT2D eigenvalue weighted by Gasteiger charge is -2.30. The number of likely N-dealkylation sites (tertiary alicyclic amines) is 1. The zero-order valence-corrected chi connectivity index (χ0v) is 18.6. The molecule has 31 heavy (non-hydrogen) atoms. The number of hydrogen-bond acceptors (Lipinski definition) is 4. The van der Waals surface area contributed by atoms with Crippen molar-refractivity contribution in [1.82, 2.24) is 9.80 Å². The van der Waals surface area contributed by atoms with E-state index in [2.05, 4.69) is 35.0 Å². The number of nitrogens with one attached hydrogen (secondary N) is 1. The highest BCUT2D eigenvalue weighted by molar-refractivity contribution is 5.95. The number of rotatable bonds is 9. The van der Waals surface area contributed by atoms with Gasteiger partial charge < -0.3 is 11.1 Å².